The number of thiazole rings is 1. The zero-order valence-electron chi connectivity index (χ0n) is 20.1. The molecule has 0 fully saturated rings. The van der Waals surface area contributed by atoms with Gasteiger partial charge in [0.1, 0.15) is 16.7 Å². The number of amides is 1. The SMILES string of the molecule is Cc1ccc2c(c1)C(=NNc1nc(C)c(C(=O)Nc3cccc([N+](=O)[O-])c3)s1)C[C@@H](c1ccccc1)O2. The van der Waals surface area contributed by atoms with Gasteiger partial charge in [0, 0.05) is 29.8 Å². The summed E-state index contributed by atoms with van der Waals surface area (Å²) in [6.45, 7) is 3.75. The number of hydrogen-bond donors (Lipinski definition) is 2. The lowest BCUT2D eigenvalue weighted by Crippen LogP contribution is -2.22. The minimum absolute atomic E-state index is 0.0993. The van der Waals surface area contributed by atoms with E-state index in [0.29, 0.717) is 27.8 Å². The van der Waals surface area contributed by atoms with E-state index >= 15 is 0 Å². The van der Waals surface area contributed by atoms with Crippen molar-refractivity contribution in [2.24, 2.45) is 5.10 Å². The van der Waals surface area contributed by atoms with Crippen LogP contribution in [-0.2, 0) is 0 Å². The standard InChI is InChI=1S/C27H23N5O4S/c1-16-11-12-23-21(13-16)22(15-24(36-23)18-7-4-3-5-8-18)30-31-27-28-17(2)25(37-27)26(33)29-19-9-6-10-20(14-19)32(34)35/h3-14,24H,15H2,1-2H3,(H,28,31)(H,29,33)/t24-/m0/s1. The molecule has 1 aromatic heterocycles. The second kappa shape index (κ2) is 10.2. The number of aromatic nitrogens is 1. The number of non-ortho nitro benzene ring substituents is 1. The van der Waals surface area contributed by atoms with Crippen LogP contribution in [-0.4, -0.2) is 21.5 Å². The number of nitro benzene ring substituents is 1. The van der Waals surface area contributed by atoms with Crippen molar-refractivity contribution in [2.75, 3.05) is 10.7 Å². The van der Waals surface area contributed by atoms with Gasteiger partial charge in [-0.3, -0.25) is 20.3 Å². The summed E-state index contributed by atoms with van der Waals surface area (Å²) < 4.78 is 6.27. The number of ether oxygens (including phenoxy) is 1. The van der Waals surface area contributed by atoms with Crippen LogP contribution in [0, 0.1) is 24.0 Å². The van der Waals surface area contributed by atoms with Crippen LogP contribution >= 0.6 is 11.3 Å². The fraction of sp³-hybridized carbons (Fsp3) is 0.148. The Morgan fingerprint density at radius 3 is 2.70 bits per heavy atom. The van der Waals surface area contributed by atoms with Gasteiger partial charge in [-0.1, -0.05) is 59.4 Å². The number of aryl methyl sites for hydroxylation is 2. The van der Waals surface area contributed by atoms with Crippen LogP contribution in [0.1, 0.15) is 44.6 Å². The largest absolute Gasteiger partial charge is 0.485 e. The minimum Gasteiger partial charge on any atom is -0.485 e. The maximum Gasteiger partial charge on any atom is 0.271 e. The van der Waals surface area contributed by atoms with E-state index in [1.165, 1.54) is 18.2 Å². The predicted molar refractivity (Wildman–Crippen MR) is 144 cm³/mol. The van der Waals surface area contributed by atoms with E-state index in [2.05, 4.69) is 20.8 Å². The van der Waals surface area contributed by atoms with Crippen molar-refractivity contribution < 1.29 is 14.5 Å². The summed E-state index contributed by atoms with van der Waals surface area (Å²) in [7, 11) is 0. The van der Waals surface area contributed by atoms with Crippen LogP contribution in [0.25, 0.3) is 0 Å². The van der Waals surface area contributed by atoms with E-state index in [0.717, 1.165) is 39.5 Å². The van der Waals surface area contributed by atoms with E-state index < -0.39 is 10.8 Å². The van der Waals surface area contributed by atoms with Gasteiger partial charge < -0.3 is 10.1 Å². The molecule has 1 atom stereocenters. The zero-order valence-corrected chi connectivity index (χ0v) is 20.9. The van der Waals surface area contributed by atoms with Crippen molar-refractivity contribution in [3.63, 3.8) is 0 Å². The Balaban J connectivity index is 1.37. The average molecular weight is 514 g/mol. The number of carbonyl (C=O) groups excluding carboxylic acids is 1. The summed E-state index contributed by atoms with van der Waals surface area (Å²) in [5.74, 6) is 0.367. The van der Waals surface area contributed by atoms with Crippen LogP contribution in [0.5, 0.6) is 5.75 Å². The van der Waals surface area contributed by atoms with E-state index in [4.69, 9.17) is 4.74 Å². The van der Waals surface area contributed by atoms with Gasteiger partial charge in [0.2, 0.25) is 5.13 Å². The van der Waals surface area contributed by atoms with Gasteiger partial charge in [-0.05, 0) is 37.6 Å². The second-order valence-corrected chi connectivity index (χ2v) is 9.59. The quantitative estimate of drug-likeness (QED) is 0.232. The summed E-state index contributed by atoms with van der Waals surface area (Å²) in [5.41, 5.74) is 7.69. The number of hydrogen-bond acceptors (Lipinski definition) is 8. The van der Waals surface area contributed by atoms with Crippen molar-refractivity contribution in [1.29, 1.82) is 0 Å². The Bertz CT molecular complexity index is 1520. The molecule has 10 heteroatoms. The monoisotopic (exact) mass is 513 g/mol. The van der Waals surface area contributed by atoms with Crippen molar-refractivity contribution in [3.05, 3.63) is 110 Å². The number of nitrogens with zero attached hydrogens (tertiary/aromatic N) is 3. The molecule has 0 saturated carbocycles. The average Bonchev–Trinajstić information content (AvgIpc) is 3.28. The predicted octanol–water partition coefficient (Wildman–Crippen LogP) is 6.26. The van der Waals surface area contributed by atoms with Gasteiger partial charge in [-0.25, -0.2) is 4.98 Å². The zero-order chi connectivity index (χ0) is 25.9. The van der Waals surface area contributed by atoms with Crippen LogP contribution < -0.4 is 15.5 Å². The van der Waals surface area contributed by atoms with Crippen molar-refractivity contribution in [1.82, 2.24) is 4.98 Å². The summed E-state index contributed by atoms with van der Waals surface area (Å²) >= 11 is 1.16. The third-order valence-electron chi connectivity index (χ3n) is 5.87. The molecule has 1 aliphatic rings. The molecule has 2 heterocycles. The fourth-order valence-corrected chi connectivity index (χ4v) is 4.87. The first kappa shape index (κ1) is 24.1. The molecule has 0 aliphatic carbocycles. The first-order valence-corrected chi connectivity index (χ1v) is 12.4. The lowest BCUT2D eigenvalue weighted by atomic mass is 9.94. The van der Waals surface area contributed by atoms with Crippen molar-refractivity contribution in [2.45, 2.75) is 26.4 Å². The Kier molecular flexibility index (Phi) is 6.65. The molecule has 9 nitrogen and oxygen atoms in total. The van der Waals surface area contributed by atoms with Gasteiger partial charge in [0.05, 0.1) is 16.3 Å². The molecular weight excluding hydrogens is 490 g/mol. The lowest BCUT2D eigenvalue weighted by molar-refractivity contribution is -0.384. The number of carbonyl (C=O) groups is 1. The number of hydrazone groups is 1. The molecule has 5 rings (SSSR count). The van der Waals surface area contributed by atoms with E-state index in [1.54, 1.807) is 13.0 Å². The maximum atomic E-state index is 12.8. The van der Waals surface area contributed by atoms with Crippen molar-refractivity contribution in [3.8, 4) is 5.75 Å². The maximum absolute atomic E-state index is 12.8. The highest BCUT2D eigenvalue weighted by Gasteiger charge is 2.27. The molecule has 0 radical (unpaired) electrons. The van der Waals surface area contributed by atoms with E-state index in [-0.39, 0.29) is 11.8 Å². The van der Waals surface area contributed by atoms with Crippen LogP contribution in [0.3, 0.4) is 0 Å². The summed E-state index contributed by atoms with van der Waals surface area (Å²) in [5, 5.41) is 18.9. The molecule has 0 saturated heterocycles. The summed E-state index contributed by atoms with van der Waals surface area (Å²) in [4.78, 5) is 28.2. The third-order valence-corrected chi connectivity index (χ3v) is 6.93. The van der Waals surface area contributed by atoms with Gasteiger partial charge in [-0.15, -0.1) is 0 Å². The second-order valence-electron chi connectivity index (χ2n) is 8.59. The highest BCUT2D eigenvalue weighted by atomic mass is 32.1. The van der Waals surface area contributed by atoms with Crippen LogP contribution in [0.15, 0.2) is 77.9 Å². The lowest BCUT2D eigenvalue weighted by Gasteiger charge is -2.27. The fourth-order valence-electron chi connectivity index (χ4n) is 4.07. The number of benzene rings is 3. The van der Waals surface area contributed by atoms with Crippen molar-refractivity contribution >= 4 is 39.5 Å². The number of fused-ring (bicyclic) bond motifs is 1. The highest BCUT2D eigenvalue weighted by molar-refractivity contribution is 7.17. The molecule has 4 aromatic rings. The summed E-state index contributed by atoms with van der Waals surface area (Å²) in [6, 6.07) is 21.8. The first-order valence-electron chi connectivity index (χ1n) is 11.6. The van der Waals surface area contributed by atoms with Gasteiger partial charge >= 0.3 is 0 Å². The molecule has 0 unspecified atom stereocenters. The van der Waals surface area contributed by atoms with Gasteiger partial charge in [0.25, 0.3) is 11.6 Å². The van der Waals surface area contributed by atoms with Crippen LogP contribution in [0.4, 0.5) is 16.5 Å². The highest BCUT2D eigenvalue weighted by Crippen LogP contribution is 2.36. The normalized spacial score (nSPS) is 15.5. The molecule has 1 aliphatic heterocycles. The molecule has 186 valence electrons. The minimum atomic E-state index is -0.507. The van der Waals surface area contributed by atoms with Gasteiger partial charge in [-0.2, -0.15) is 5.10 Å². The Labute approximate surface area is 217 Å². The number of nitrogens with one attached hydrogen (secondary N) is 2. The number of rotatable bonds is 6. The third kappa shape index (κ3) is 5.34. The molecule has 37 heavy (non-hydrogen) atoms. The molecule has 2 N–H and O–H groups in total. The van der Waals surface area contributed by atoms with Crippen LogP contribution in [0.2, 0.25) is 0 Å². The molecule has 3 aromatic carbocycles. The Hall–Kier alpha value is -4.57. The summed E-state index contributed by atoms with van der Waals surface area (Å²) in [6.07, 6.45) is 0.393. The smallest absolute Gasteiger partial charge is 0.271 e. The number of nitro groups is 1. The van der Waals surface area contributed by atoms with Gasteiger partial charge in [0.15, 0.2) is 0 Å². The Morgan fingerprint density at radius 2 is 1.92 bits per heavy atom. The molecule has 0 spiro atoms. The van der Waals surface area contributed by atoms with E-state index in [1.807, 2.05) is 55.5 Å². The van der Waals surface area contributed by atoms with E-state index in [9.17, 15) is 14.9 Å². The Morgan fingerprint density at radius 1 is 1.11 bits per heavy atom. The topological polar surface area (TPSA) is 119 Å². The number of anilines is 2. The molecular formula is C27H23N5O4S. The molecule has 1 amide bonds. The molecule has 0 bridgehead atoms. The first-order chi connectivity index (χ1) is 17.9.